The number of nitrogens with zero attached hydrogens (tertiary/aromatic N) is 2. The Morgan fingerprint density at radius 3 is 2.67 bits per heavy atom. The van der Waals surface area contributed by atoms with E-state index in [2.05, 4.69) is 46.0 Å². The molecule has 0 aliphatic heterocycles. The molecule has 4 nitrogen and oxygen atoms in total. The second kappa shape index (κ2) is 6.56. The molecule has 1 N–H and O–H groups in total. The van der Waals surface area contributed by atoms with Gasteiger partial charge in [0.1, 0.15) is 0 Å². The minimum absolute atomic E-state index is 0.692. The Bertz CT molecular complexity index is 481. The lowest BCUT2D eigenvalue weighted by atomic mass is 10.2. The van der Waals surface area contributed by atoms with E-state index < -0.39 is 0 Å². The molecule has 5 heteroatoms. The van der Waals surface area contributed by atoms with Crippen LogP contribution in [0.15, 0.2) is 33.7 Å². The molecule has 0 radical (unpaired) electrons. The van der Waals surface area contributed by atoms with Gasteiger partial charge in [-0.05, 0) is 30.9 Å². The van der Waals surface area contributed by atoms with Crippen molar-refractivity contribution in [2.24, 2.45) is 0 Å². The fourth-order valence-electron chi connectivity index (χ4n) is 1.61. The van der Waals surface area contributed by atoms with E-state index in [0.29, 0.717) is 11.7 Å². The Hall–Kier alpha value is -1.33. The van der Waals surface area contributed by atoms with E-state index in [9.17, 15) is 0 Å². The summed E-state index contributed by atoms with van der Waals surface area (Å²) in [4.78, 5) is 5.45. The van der Waals surface area contributed by atoms with Crippen LogP contribution in [0.4, 0.5) is 0 Å². The lowest BCUT2D eigenvalue weighted by molar-refractivity contribution is 0.372. The number of aromatic nitrogens is 2. The first-order valence-electron chi connectivity index (χ1n) is 5.91. The first-order valence-corrected chi connectivity index (χ1v) is 7.13. The average Bonchev–Trinajstić information content (AvgIpc) is 2.81. The number of rotatable bonds is 6. The summed E-state index contributed by atoms with van der Waals surface area (Å²) in [6, 6.07) is 8.58. The van der Waals surface area contributed by atoms with Gasteiger partial charge in [-0.25, -0.2) is 0 Å². The molecule has 0 saturated heterocycles. The zero-order chi connectivity index (χ0) is 12.8. The van der Waals surface area contributed by atoms with Crippen molar-refractivity contribution in [2.75, 3.05) is 12.8 Å². The Morgan fingerprint density at radius 1 is 1.28 bits per heavy atom. The maximum absolute atomic E-state index is 5.04. The van der Waals surface area contributed by atoms with Gasteiger partial charge in [0.25, 0.3) is 0 Å². The molecular weight excluding hydrogens is 246 g/mol. The quantitative estimate of drug-likeness (QED) is 0.641. The Morgan fingerprint density at radius 2 is 2.06 bits per heavy atom. The second-order valence-electron chi connectivity index (χ2n) is 4.01. The molecule has 96 valence electrons. The number of nitrogens with one attached hydrogen (secondary N) is 1. The largest absolute Gasteiger partial charge is 0.339 e. The third-order valence-electron chi connectivity index (χ3n) is 2.57. The summed E-state index contributed by atoms with van der Waals surface area (Å²) in [6.45, 7) is 3.53. The lowest BCUT2D eigenvalue weighted by Gasteiger charge is -2.04. The molecule has 0 unspecified atom stereocenters. The van der Waals surface area contributed by atoms with Crippen LogP contribution < -0.4 is 5.32 Å². The minimum Gasteiger partial charge on any atom is -0.339 e. The van der Waals surface area contributed by atoms with Crippen LogP contribution in [0.2, 0.25) is 0 Å². The van der Waals surface area contributed by atoms with Crippen LogP contribution in [0.25, 0.3) is 0 Å². The van der Waals surface area contributed by atoms with Crippen LogP contribution in [0.5, 0.6) is 0 Å². The van der Waals surface area contributed by atoms with E-state index >= 15 is 0 Å². The van der Waals surface area contributed by atoms with Gasteiger partial charge < -0.3 is 9.84 Å². The molecule has 18 heavy (non-hydrogen) atoms. The van der Waals surface area contributed by atoms with Crippen LogP contribution in [0.3, 0.4) is 0 Å². The highest BCUT2D eigenvalue weighted by Crippen LogP contribution is 2.14. The predicted octanol–water partition coefficient (Wildman–Crippen LogP) is 2.43. The highest BCUT2D eigenvalue weighted by Gasteiger charge is 2.01. The van der Waals surface area contributed by atoms with E-state index in [0.717, 1.165) is 19.5 Å². The van der Waals surface area contributed by atoms with Gasteiger partial charge >= 0.3 is 0 Å². The van der Waals surface area contributed by atoms with Crippen molar-refractivity contribution < 1.29 is 4.52 Å². The van der Waals surface area contributed by atoms with Gasteiger partial charge in [0.05, 0.1) is 0 Å². The van der Waals surface area contributed by atoms with Crippen LogP contribution in [-0.4, -0.2) is 22.9 Å². The Balaban J connectivity index is 1.71. The second-order valence-corrected chi connectivity index (χ2v) is 4.89. The summed E-state index contributed by atoms with van der Waals surface area (Å²) in [7, 11) is 0. The topological polar surface area (TPSA) is 51.0 Å². The molecule has 0 spiro atoms. The summed E-state index contributed by atoms with van der Waals surface area (Å²) in [5.41, 5.74) is 1.29. The summed E-state index contributed by atoms with van der Waals surface area (Å²) in [5.74, 6) is 1.38. The summed E-state index contributed by atoms with van der Waals surface area (Å²) < 4.78 is 5.04. The molecule has 0 aliphatic rings. The lowest BCUT2D eigenvalue weighted by Crippen LogP contribution is -2.16. The van der Waals surface area contributed by atoms with Crippen molar-refractivity contribution in [2.45, 2.75) is 24.8 Å². The van der Waals surface area contributed by atoms with Gasteiger partial charge in [0, 0.05) is 24.4 Å². The van der Waals surface area contributed by atoms with E-state index in [1.807, 2.05) is 6.92 Å². The zero-order valence-corrected chi connectivity index (χ0v) is 11.5. The van der Waals surface area contributed by atoms with Gasteiger partial charge in [0.2, 0.25) is 5.89 Å². The molecular formula is C13H17N3OS. The SMILES string of the molecule is CSc1ccc(CNCCc2nc(C)no2)cc1. The first kappa shape index (κ1) is 13.1. The van der Waals surface area contributed by atoms with E-state index in [1.54, 1.807) is 11.8 Å². The number of benzene rings is 1. The molecule has 0 atom stereocenters. The van der Waals surface area contributed by atoms with Crippen LogP contribution in [0, 0.1) is 6.92 Å². The predicted molar refractivity (Wildman–Crippen MR) is 72.7 cm³/mol. The Labute approximate surface area is 111 Å². The van der Waals surface area contributed by atoms with Crippen LogP contribution in [0.1, 0.15) is 17.3 Å². The molecule has 2 aromatic rings. The van der Waals surface area contributed by atoms with Crippen LogP contribution in [-0.2, 0) is 13.0 Å². The highest BCUT2D eigenvalue weighted by molar-refractivity contribution is 7.98. The van der Waals surface area contributed by atoms with Crippen molar-refractivity contribution in [1.29, 1.82) is 0 Å². The van der Waals surface area contributed by atoms with E-state index in [-0.39, 0.29) is 0 Å². The van der Waals surface area contributed by atoms with Crippen molar-refractivity contribution >= 4 is 11.8 Å². The summed E-state index contributed by atoms with van der Waals surface area (Å²) in [6.07, 6.45) is 2.85. The third kappa shape index (κ3) is 3.85. The molecule has 0 saturated carbocycles. The van der Waals surface area contributed by atoms with Gasteiger partial charge in [-0.15, -0.1) is 11.8 Å². The monoisotopic (exact) mass is 263 g/mol. The standard InChI is InChI=1S/C13H17N3OS/c1-10-15-13(17-16-10)7-8-14-9-11-3-5-12(18-2)6-4-11/h3-6,14H,7-9H2,1-2H3. The smallest absolute Gasteiger partial charge is 0.227 e. The number of hydrogen-bond donors (Lipinski definition) is 1. The van der Waals surface area contributed by atoms with Crippen molar-refractivity contribution in [3.63, 3.8) is 0 Å². The van der Waals surface area contributed by atoms with Gasteiger partial charge in [0.15, 0.2) is 5.82 Å². The highest BCUT2D eigenvalue weighted by atomic mass is 32.2. The van der Waals surface area contributed by atoms with Crippen molar-refractivity contribution in [1.82, 2.24) is 15.5 Å². The number of aryl methyl sites for hydroxylation is 1. The molecule has 0 fully saturated rings. The Kier molecular flexibility index (Phi) is 4.78. The van der Waals surface area contributed by atoms with Crippen molar-refractivity contribution in [3.05, 3.63) is 41.5 Å². The molecule has 0 amide bonds. The van der Waals surface area contributed by atoms with E-state index in [4.69, 9.17) is 4.52 Å². The van der Waals surface area contributed by atoms with Crippen LogP contribution >= 0.6 is 11.8 Å². The van der Waals surface area contributed by atoms with E-state index in [1.165, 1.54) is 10.5 Å². The molecule has 1 heterocycles. The maximum Gasteiger partial charge on any atom is 0.227 e. The molecule has 1 aromatic heterocycles. The minimum atomic E-state index is 0.692. The molecule has 0 aliphatic carbocycles. The van der Waals surface area contributed by atoms with Gasteiger partial charge in [-0.3, -0.25) is 0 Å². The fourth-order valence-corrected chi connectivity index (χ4v) is 2.02. The third-order valence-corrected chi connectivity index (χ3v) is 3.32. The number of thioether (sulfide) groups is 1. The first-order chi connectivity index (χ1) is 8.78. The summed E-state index contributed by atoms with van der Waals surface area (Å²) in [5, 5.41) is 7.12. The normalized spacial score (nSPS) is 10.8. The van der Waals surface area contributed by atoms with Gasteiger partial charge in [-0.2, -0.15) is 4.98 Å². The fraction of sp³-hybridized carbons (Fsp3) is 0.385. The molecule has 1 aromatic carbocycles. The van der Waals surface area contributed by atoms with Crippen molar-refractivity contribution in [3.8, 4) is 0 Å². The summed E-state index contributed by atoms with van der Waals surface area (Å²) >= 11 is 1.76. The average molecular weight is 263 g/mol. The zero-order valence-electron chi connectivity index (χ0n) is 10.6. The van der Waals surface area contributed by atoms with Gasteiger partial charge in [-0.1, -0.05) is 17.3 Å². The molecule has 0 bridgehead atoms. The molecule has 2 rings (SSSR count). The number of hydrogen-bond acceptors (Lipinski definition) is 5. The maximum atomic E-state index is 5.04.